The fraction of sp³-hybridized carbons (Fsp3) is 0.0870. The summed E-state index contributed by atoms with van der Waals surface area (Å²) in [4.78, 5) is 23.4. The lowest BCUT2D eigenvalue weighted by Crippen LogP contribution is -2.14. The van der Waals surface area contributed by atoms with Crippen molar-refractivity contribution in [2.24, 2.45) is 0 Å². The zero-order valence-electron chi connectivity index (χ0n) is 16.7. The molecular weight excluding hydrogens is 419 g/mol. The minimum atomic E-state index is -4.53. The van der Waals surface area contributed by atoms with Crippen LogP contribution in [0.25, 0.3) is 11.0 Å². The number of nitrogens with one attached hydrogen (secondary N) is 2. The van der Waals surface area contributed by atoms with Crippen LogP contribution in [0, 0.1) is 18.8 Å². The highest BCUT2D eigenvalue weighted by Gasteiger charge is 2.30. The third-order valence-electron chi connectivity index (χ3n) is 4.67. The molecule has 2 aromatic carbocycles. The molecule has 0 saturated carbocycles. The Morgan fingerprint density at radius 1 is 1.09 bits per heavy atom. The Bertz CT molecular complexity index is 1400. The number of fused-ring (bicyclic) bond motifs is 1. The maximum atomic E-state index is 12.9. The summed E-state index contributed by atoms with van der Waals surface area (Å²) in [6.45, 7) is 1.85. The summed E-state index contributed by atoms with van der Waals surface area (Å²) in [6, 6.07) is 11.9. The van der Waals surface area contributed by atoms with Crippen LogP contribution < -0.4 is 11.1 Å². The average Bonchev–Trinajstić information content (AvgIpc) is 3.12. The van der Waals surface area contributed by atoms with Gasteiger partial charge in [-0.25, -0.2) is 9.97 Å². The maximum absolute atomic E-state index is 12.9. The number of aromatic nitrogens is 3. The number of imidazole rings is 1. The lowest BCUT2D eigenvalue weighted by molar-refractivity contribution is -0.137. The van der Waals surface area contributed by atoms with Gasteiger partial charge in [-0.15, -0.1) is 0 Å². The van der Waals surface area contributed by atoms with E-state index in [0.29, 0.717) is 11.5 Å². The lowest BCUT2D eigenvalue weighted by atomic mass is 10.0. The van der Waals surface area contributed by atoms with Gasteiger partial charge in [0.15, 0.2) is 5.95 Å². The fourth-order valence-electron chi connectivity index (χ4n) is 3.01. The molecule has 0 fully saturated rings. The van der Waals surface area contributed by atoms with Crippen molar-refractivity contribution >= 4 is 28.7 Å². The van der Waals surface area contributed by atoms with Crippen molar-refractivity contribution in [1.82, 2.24) is 15.0 Å². The summed E-state index contributed by atoms with van der Waals surface area (Å²) in [5.74, 6) is 5.60. The first-order valence-corrected chi connectivity index (χ1v) is 9.41. The highest BCUT2D eigenvalue weighted by molar-refractivity contribution is 6.04. The molecule has 4 N–H and O–H groups in total. The quantitative estimate of drug-likeness (QED) is 0.404. The number of anilines is 2. The van der Waals surface area contributed by atoms with Crippen LogP contribution >= 0.6 is 0 Å². The van der Waals surface area contributed by atoms with Crippen molar-refractivity contribution < 1.29 is 18.0 Å². The monoisotopic (exact) mass is 435 g/mol. The third-order valence-corrected chi connectivity index (χ3v) is 4.67. The Balaban J connectivity index is 1.57. The molecule has 0 bridgehead atoms. The molecule has 4 aromatic rings. The van der Waals surface area contributed by atoms with Gasteiger partial charge in [0.2, 0.25) is 0 Å². The van der Waals surface area contributed by atoms with E-state index < -0.39 is 17.6 Å². The SMILES string of the molecule is Cc1ccc(C(=O)Nc2cc(C(F)(F)F)ccn2)cc1C#Cc1ccc2nc(N)[nH]c2c1. The largest absolute Gasteiger partial charge is 0.416 e. The second-order valence-electron chi connectivity index (χ2n) is 7.02. The molecule has 0 aliphatic rings. The number of aromatic amines is 1. The first kappa shape index (κ1) is 20.9. The van der Waals surface area contributed by atoms with E-state index in [4.69, 9.17) is 5.73 Å². The molecule has 0 spiro atoms. The molecule has 0 aliphatic carbocycles. The number of rotatable bonds is 2. The van der Waals surface area contributed by atoms with E-state index in [-0.39, 0.29) is 11.4 Å². The number of benzene rings is 2. The minimum absolute atomic E-state index is 0.190. The van der Waals surface area contributed by atoms with Crippen molar-refractivity contribution in [2.45, 2.75) is 13.1 Å². The molecule has 6 nitrogen and oxygen atoms in total. The van der Waals surface area contributed by atoms with Crippen LogP contribution in [0.5, 0.6) is 0 Å². The van der Waals surface area contributed by atoms with Crippen LogP contribution in [0.4, 0.5) is 24.9 Å². The topological polar surface area (TPSA) is 96.7 Å². The molecule has 0 unspecified atom stereocenters. The van der Waals surface area contributed by atoms with E-state index in [1.807, 2.05) is 13.0 Å². The number of hydrogen-bond donors (Lipinski definition) is 3. The van der Waals surface area contributed by atoms with Crippen molar-refractivity contribution in [3.63, 3.8) is 0 Å². The maximum Gasteiger partial charge on any atom is 0.416 e. The van der Waals surface area contributed by atoms with Crippen molar-refractivity contribution in [3.05, 3.63) is 82.5 Å². The van der Waals surface area contributed by atoms with Gasteiger partial charge in [-0.1, -0.05) is 17.9 Å². The van der Waals surface area contributed by atoms with Crippen LogP contribution in [0.2, 0.25) is 0 Å². The number of hydrogen-bond acceptors (Lipinski definition) is 4. The Labute approximate surface area is 180 Å². The lowest BCUT2D eigenvalue weighted by Gasteiger charge is -2.09. The number of halogens is 3. The summed E-state index contributed by atoms with van der Waals surface area (Å²) in [5, 5.41) is 2.39. The zero-order chi connectivity index (χ0) is 22.9. The molecular formula is C23H16F3N5O. The van der Waals surface area contributed by atoms with Crippen LogP contribution in [0.15, 0.2) is 54.7 Å². The average molecular weight is 435 g/mol. The number of nitrogen functional groups attached to an aromatic ring is 1. The van der Waals surface area contributed by atoms with Gasteiger partial charge in [-0.3, -0.25) is 4.79 Å². The molecule has 0 radical (unpaired) electrons. The highest BCUT2D eigenvalue weighted by atomic mass is 19.4. The van der Waals surface area contributed by atoms with Crippen LogP contribution in [0.1, 0.15) is 32.6 Å². The van der Waals surface area contributed by atoms with Gasteiger partial charge in [0.05, 0.1) is 16.6 Å². The smallest absolute Gasteiger partial charge is 0.369 e. The molecule has 0 aliphatic heterocycles. The van der Waals surface area contributed by atoms with Crippen molar-refractivity contribution in [3.8, 4) is 11.8 Å². The first-order valence-electron chi connectivity index (χ1n) is 9.41. The van der Waals surface area contributed by atoms with Crippen molar-refractivity contribution in [2.75, 3.05) is 11.1 Å². The van der Waals surface area contributed by atoms with Gasteiger partial charge >= 0.3 is 6.18 Å². The number of alkyl halides is 3. The molecule has 2 heterocycles. The Morgan fingerprint density at radius 2 is 1.91 bits per heavy atom. The number of nitrogens with two attached hydrogens (primary N) is 1. The van der Waals surface area contributed by atoms with Gasteiger partial charge in [0.1, 0.15) is 5.82 Å². The normalized spacial score (nSPS) is 11.1. The molecule has 4 rings (SSSR count). The summed E-state index contributed by atoms with van der Waals surface area (Å²) in [7, 11) is 0. The highest BCUT2D eigenvalue weighted by Crippen LogP contribution is 2.30. The predicted molar refractivity (Wildman–Crippen MR) is 115 cm³/mol. The number of H-pyrrole nitrogens is 1. The van der Waals surface area contributed by atoms with Gasteiger partial charge in [-0.2, -0.15) is 13.2 Å². The number of pyridine rings is 1. The van der Waals surface area contributed by atoms with Gasteiger partial charge < -0.3 is 16.0 Å². The second kappa shape index (κ2) is 8.07. The number of amides is 1. The van der Waals surface area contributed by atoms with E-state index in [2.05, 4.69) is 32.1 Å². The molecule has 9 heteroatoms. The van der Waals surface area contributed by atoms with Gasteiger partial charge in [-0.05, 0) is 55.0 Å². The van der Waals surface area contributed by atoms with Gasteiger partial charge in [0.25, 0.3) is 5.91 Å². The van der Waals surface area contributed by atoms with E-state index >= 15 is 0 Å². The third kappa shape index (κ3) is 4.54. The van der Waals surface area contributed by atoms with Gasteiger partial charge in [0, 0.05) is 22.9 Å². The minimum Gasteiger partial charge on any atom is -0.369 e. The summed E-state index contributed by atoms with van der Waals surface area (Å²) >= 11 is 0. The van der Waals surface area contributed by atoms with Crippen molar-refractivity contribution in [1.29, 1.82) is 0 Å². The fourth-order valence-corrected chi connectivity index (χ4v) is 3.01. The predicted octanol–water partition coefficient (Wildman–Crippen LogP) is 4.52. The Morgan fingerprint density at radius 3 is 2.69 bits per heavy atom. The second-order valence-corrected chi connectivity index (χ2v) is 7.02. The summed E-state index contributed by atoms with van der Waals surface area (Å²) in [5.41, 5.74) is 8.67. The van der Waals surface area contributed by atoms with Crippen LogP contribution in [-0.4, -0.2) is 20.9 Å². The van der Waals surface area contributed by atoms with E-state index in [1.54, 1.807) is 30.3 Å². The number of nitrogens with zero attached hydrogens (tertiary/aromatic N) is 2. The Hall–Kier alpha value is -4.32. The van der Waals surface area contributed by atoms with Crippen LogP contribution in [-0.2, 0) is 6.18 Å². The summed E-state index contributed by atoms with van der Waals surface area (Å²) in [6.07, 6.45) is -3.53. The number of aryl methyl sites for hydroxylation is 1. The zero-order valence-corrected chi connectivity index (χ0v) is 16.7. The molecule has 0 atom stereocenters. The summed E-state index contributed by atoms with van der Waals surface area (Å²) < 4.78 is 38.6. The molecule has 2 aromatic heterocycles. The standard InChI is InChI=1S/C23H16F3N5O/c1-13-2-5-16(21(32)31-20-12-17(8-9-28-20)23(24,25)26)11-15(13)6-3-14-4-7-18-19(10-14)30-22(27)29-18/h2,4-5,7-12H,1H3,(H3,27,29,30)(H,28,31,32). The van der Waals surface area contributed by atoms with Crippen LogP contribution in [0.3, 0.4) is 0 Å². The molecule has 1 amide bonds. The molecule has 0 saturated heterocycles. The number of carbonyl (C=O) groups is 1. The molecule has 160 valence electrons. The first-order chi connectivity index (χ1) is 15.2. The van der Waals surface area contributed by atoms with E-state index in [0.717, 1.165) is 40.5 Å². The number of carbonyl (C=O) groups excluding carboxylic acids is 1. The Kier molecular flexibility index (Phi) is 5.28. The van der Waals surface area contributed by atoms with E-state index in [1.165, 1.54) is 0 Å². The molecule has 32 heavy (non-hydrogen) atoms. The van der Waals surface area contributed by atoms with E-state index in [9.17, 15) is 18.0 Å².